The second kappa shape index (κ2) is 8.21. The molecule has 2 aromatic carbocycles. The van der Waals surface area contributed by atoms with E-state index in [-0.39, 0.29) is 12.3 Å². The van der Waals surface area contributed by atoms with Crippen LogP contribution in [0.5, 0.6) is 0 Å². The topological polar surface area (TPSA) is 54.0 Å². The van der Waals surface area contributed by atoms with Crippen molar-refractivity contribution >= 4 is 46.3 Å². The van der Waals surface area contributed by atoms with Crippen molar-refractivity contribution in [2.75, 3.05) is 10.6 Å². The highest BCUT2D eigenvalue weighted by molar-refractivity contribution is 6.31. The summed E-state index contributed by atoms with van der Waals surface area (Å²) in [5.74, 6) is 0.562. The number of carbonyl (C=O) groups is 1. The molecule has 1 heterocycles. The molecule has 1 aromatic heterocycles. The number of hydrogen-bond acceptors (Lipinski definition) is 3. The molecule has 0 saturated carbocycles. The van der Waals surface area contributed by atoms with Crippen LogP contribution < -0.4 is 10.6 Å². The van der Waals surface area contributed by atoms with Crippen molar-refractivity contribution in [3.63, 3.8) is 0 Å². The third kappa shape index (κ3) is 4.75. The summed E-state index contributed by atoms with van der Waals surface area (Å²) in [5.41, 5.74) is 3.38. The number of rotatable bonds is 5. The molecule has 0 fully saturated rings. The Morgan fingerprint density at radius 2 is 1.81 bits per heavy atom. The van der Waals surface area contributed by atoms with Gasteiger partial charge in [0.25, 0.3) is 0 Å². The van der Waals surface area contributed by atoms with Gasteiger partial charge in [-0.1, -0.05) is 41.4 Å². The number of aromatic nitrogens is 1. The van der Waals surface area contributed by atoms with Gasteiger partial charge in [-0.3, -0.25) is 4.79 Å². The fourth-order valence-corrected chi connectivity index (χ4v) is 2.72. The molecule has 3 rings (SSSR count). The van der Waals surface area contributed by atoms with Crippen molar-refractivity contribution < 1.29 is 4.79 Å². The van der Waals surface area contributed by atoms with E-state index >= 15 is 0 Å². The minimum absolute atomic E-state index is 0.111. The van der Waals surface area contributed by atoms with Gasteiger partial charge in [-0.2, -0.15) is 0 Å². The monoisotopic (exact) mass is 385 g/mol. The van der Waals surface area contributed by atoms with E-state index in [0.29, 0.717) is 21.6 Å². The van der Waals surface area contributed by atoms with Crippen LogP contribution >= 0.6 is 23.2 Å². The summed E-state index contributed by atoms with van der Waals surface area (Å²) < 4.78 is 0. The first-order chi connectivity index (χ1) is 12.5. The fraction of sp³-hybridized carbons (Fsp3) is 0.100. The Morgan fingerprint density at radius 1 is 1.04 bits per heavy atom. The van der Waals surface area contributed by atoms with E-state index < -0.39 is 0 Å². The maximum absolute atomic E-state index is 12.1. The Bertz CT molecular complexity index is 909. The summed E-state index contributed by atoms with van der Waals surface area (Å²) in [4.78, 5) is 16.5. The first-order valence-corrected chi connectivity index (χ1v) is 8.79. The standard InChI is InChI=1S/C20H17Cl2N3O/c1-13-17(22)3-2-4-18(13)25-19-10-9-16(12-23-19)24-20(26)11-14-5-7-15(21)8-6-14/h2-10,12H,11H2,1H3,(H,23,25)(H,24,26). The molecule has 6 heteroatoms. The molecule has 1 amide bonds. The minimum Gasteiger partial charge on any atom is -0.340 e. The number of hydrogen-bond donors (Lipinski definition) is 2. The normalized spacial score (nSPS) is 10.4. The van der Waals surface area contributed by atoms with Gasteiger partial charge in [-0.25, -0.2) is 4.98 Å². The van der Waals surface area contributed by atoms with Gasteiger partial charge in [0.05, 0.1) is 18.3 Å². The third-order valence-electron chi connectivity index (χ3n) is 3.86. The smallest absolute Gasteiger partial charge is 0.228 e. The zero-order chi connectivity index (χ0) is 18.5. The van der Waals surface area contributed by atoms with Gasteiger partial charge in [-0.05, 0) is 54.4 Å². The number of carbonyl (C=O) groups excluding carboxylic acids is 1. The number of nitrogens with zero attached hydrogens (tertiary/aromatic N) is 1. The number of benzene rings is 2. The Hall–Kier alpha value is -2.56. The van der Waals surface area contributed by atoms with Gasteiger partial charge in [-0.15, -0.1) is 0 Å². The van der Waals surface area contributed by atoms with Gasteiger partial charge in [0.2, 0.25) is 5.91 Å². The molecule has 0 aliphatic rings. The largest absolute Gasteiger partial charge is 0.340 e. The minimum atomic E-state index is -0.111. The molecule has 0 aliphatic heterocycles. The molecule has 0 saturated heterocycles. The number of nitrogens with one attached hydrogen (secondary N) is 2. The summed E-state index contributed by atoms with van der Waals surface area (Å²) in [6, 6.07) is 16.5. The lowest BCUT2D eigenvalue weighted by molar-refractivity contribution is -0.115. The molecule has 0 radical (unpaired) electrons. The van der Waals surface area contributed by atoms with E-state index in [0.717, 1.165) is 16.8 Å². The lowest BCUT2D eigenvalue weighted by Gasteiger charge is -2.11. The Balaban J connectivity index is 1.61. The lowest BCUT2D eigenvalue weighted by atomic mass is 10.1. The molecule has 0 spiro atoms. The second-order valence-corrected chi connectivity index (χ2v) is 6.66. The third-order valence-corrected chi connectivity index (χ3v) is 4.52. The van der Waals surface area contributed by atoms with Crippen LogP contribution in [-0.2, 0) is 11.2 Å². The first kappa shape index (κ1) is 18.2. The average molecular weight is 386 g/mol. The Morgan fingerprint density at radius 3 is 2.50 bits per heavy atom. The summed E-state index contributed by atoms with van der Waals surface area (Å²) in [6.07, 6.45) is 1.89. The van der Waals surface area contributed by atoms with E-state index in [9.17, 15) is 4.79 Å². The van der Waals surface area contributed by atoms with E-state index in [1.54, 1.807) is 30.5 Å². The number of pyridine rings is 1. The highest BCUT2D eigenvalue weighted by Crippen LogP contribution is 2.25. The van der Waals surface area contributed by atoms with Crippen molar-refractivity contribution in [3.8, 4) is 0 Å². The van der Waals surface area contributed by atoms with Crippen molar-refractivity contribution in [2.45, 2.75) is 13.3 Å². The molecular formula is C20H17Cl2N3O. The average Bonchev–Trinajstić information content (AvgIpc) is 2.62. The highest BCUT2D eigenvalue weighted by atomic mass is 35.5. The van der Waals surface area contributed by atoms with Gasteiger partial charge in [0.1, 0.15) is 5.82 Å². The zero-order valence-corrected chi connectivity index (χ0v) is 15.6. The van der Waals surface area contributed by atoms with Crippen LogP contribution in [0.1, 0.15) is 11.1 Å². The second-order valence-electron chi connectivity index (χ2n) is 5.82. The summed E-state index contributed by atoms with van der Waals surface area (Å²) in [5, 5.41) is 7.40. The molecule has 0 aliphatic carbocycles. The first-order valence-electron chi connectivity index (χ1n) is 8.04. The van der Waals surface area contributed by atoms with Gasteiger partial charge in [0, 0.05) is 15.7 Å². The van der Waals surface area contributed by atoms with Crippen LogP contribution in [0, 0.1) is 6.92 Å². The van der Waals surface area contributed by atoms with Crippen molar-refractivity contribution in [3.05, 3.63) is 82.0 Å². The molecule has 4 nitrogen and oxygen atoms in total. The summed E-state index contributed by atoms with van der Waals surface area (Å²) >= 11 is 12.0. The Labute approximate surface area is 162 Å². The lowest BCUT2D eigenvalue weighted by Crippen LogP contribution is -2.14. The van der Waals surface area contributed by atoms with Crippen molar-refractivity contribution in [1.82, 2.24) is 4.98 Å². The van der Waals surface area contributed by atoms with E-state index in [1.165, 1.54) is 0 Å². The van der Waals surface area contributed by atoms with Crippen LogP contribution in [0.15, 0.2) is 60.8 Å². The number of anilines is 3. The molecule has 132 valence electrons. The van der Waals surface area contributed by atoms with E-state index in [4.69, 9.17) is 23.2 Å². The van der Waals surface area contributed by atoms with Gasteiger partial charge >= 0.3 is 0 Å². The maximum Gasteiger partial charge on any atom is 0.228 e. The fourth-order valence-electron chi connectivity index (χ4n) is 2.42. The molecule has 3 aromatic rings. The summed E-state index contributed by atoms with van der Waals surface area (Å²) in [6.45, 7) is 1.94. The zero-order valence-electron chi connectivity index (χ0n) is 14.1. The van der Waals surface area contributed by atoms with Crippen LogP contribution in [0.4, 0.5) is 17.2 Å². The molecule has 0 unspecified atom stereocenters. The van der Waals surface area contributed by atoms with Crippen LogP contribution in [0.2, 0.25) is 10.0 Å². The van der Waals surface area contributed by atoms with Gasteiger partial charge in [0.15, 0.2) is 0 Å². The SMILES string of the molecule is Cc1c(Cl)cccc1Nc1ccc(NC(=O)Cc2ccc(Cl)cc2)cn1. The molecule has 26 heavy (non-hydrogen) atoms. The Kier molecular flexibility index (Phi) is 5.76. The van der Waals surface area contributed by atoms with E-state index in [2.05, 4.69) is 15.6 Å². The van der Waals surface area contributed by atoms with Crippen molar-refractivity contribution in [1.29, 1.82) is 0 Å². The molecule has 0 atom stereocenters. The molecule has 2 N–H and O–H groups in total. The van der Waals surface area contributed by atoms with Crippen LogP contribution in [-0.4, -0.2) is 10.9 Å². The maximum atomic E-state index is 12.1. The molecular weight excluding hydrogens is 369 g/mol. The predicted molar refractivity (Wildman–Crippen MR) is 107 cm³/mol. The predicted octanol–water partition coefficient (Wildman–Crippen LogP) is 5.62. The highest BCUT2D eigenvalue weighted by Gasteiger charge is 2.06. The number of amides is 1. The molecule has 0 bridgehead atoms. The van der Waals surface area contributed by atoms with Gasteiger partial charge < -0.3 is 10.6 Å². The summed E-state index contributed by atoms with van der Waals surface area (Å²) in [7, 11) is 0. The van der Waals surface area contributed by atoms with Crippen LogP contribution in [0.3, 0.4) is 0 Å². The van der Waals surface area contributed by atoms with Crippen LogP contribution in [0.25, 0.3) is 0 Å². The number of halogens is 2. The van der Waals surface area contributed by atoms with E-state index in [1.807, 2.05) is 37.3 Å². The van der Waals surface area contributed by atoms with Crippen molar-refractivity contribution in [2.24, 2.45) is 0 Å². The quantitative estimate of drug-likeness (QED) is 0.598.